The number of tetrazole rings is 1. The molecule has 1 aliphatic carbocycles. The highest BCUT2D eigenvalue weighted by Gasteiger charge is 2.21. The lowest BCUT2D eigenvalue weighted by atomic mass is 10.2. The van der Waals surface area contributed by atoms with Crippen molar-refractivity contribution in [1.82, 2.24) is 25.5 Å². The number of nitrogens with one attached hydrogen (secondary N) is 1. The maximum absolute atomic E-state index is 11.8. The number of benzene rings is 1. The summed E-state index contributed by atoms with van der Waals surface area (Å²) in [7, 11) is 0. The highest BCUT2D eigenvalue weighted by Crippen LogP contribution is 2.27. The summed E-state index contributed by atoms with van der Waals surface area (Å²) < 4.78 is 1.55. The first kappa shape index (κ1) is 10.9. The van der Waals surface area contributed by atoms with E-state index in [2.05, 4.69) is 20.8 Å². The molecule has 1 saturated carbocycles. The lowest BCUT2D eigenvalue weighted by Crippen LogP contribution is -2.25. The SMILES string of the molecule is O=C(NCC1CC1)c1ccc(-n2cnnn2)cc1. The summed E-state index contributed by atoms with van der Waals surface area (Å²) in [4.78, 5) is 11.8. The zero-order valence-corrected chi connectivity index (χ0v) is 9.78. The molecule has 1 amide bonds. The van der Waals surface area contributed by atoms with Gasteiger partial charge in [0.2, 0.25) is 0 Å². The lowest BCUT2D eigenvalue weighted by molar-refractivity contribution is 0.0952. The first-order chi connectivity index (χ1) is 8.83. The normalized spacial score (nSPS) is 14.4. The minimum absolute atomic E-state index is 0.0230. The van der Waals surface area contributed by atoms with Crippen molar-refractivity contribution in [3.05, 3.63) is 36.2 Å². The number of carbonyl (C=O) groups excluding carboxylic acids is 1. The van der Waals surface area contributed by atoms with Crippen LogP contribution in [0.15, 0.2) is 30.6 Å². The Kier molecular flexibility index (Phi) is 2.76. The Morgan fingerprint density at radius 1 is 1.33 bits per heavy atom. The highest BCUT2D eigenvalue weighted by molar-refractivity contribution is 5.94. The largest absolute Gasteiger partial charge is 0.352 e. The monoisotopic (exact) mass is 243 g/mol. The predicted octanol–water partition coefficient (Wildman–Crippen LogP) is 0.802. The van der Waals surface area contributed by atoms with E-state index in [1.54, 1.807) is 16.8 Å². The van der Waals surface area contributed by atoms with Gasteiger partial charge in [-0.15, -0.1) is 5.10 Å². The van der Waals surface area contributed by atoms with Crippen molar-refractivity contribution >= 4 is 5.91 Å². The topological polar surface area (TPSA) is 72.7 Å². The zero-order chi connectivity index (χ0) is 12.4. The van der Waals surface area contributed by atoms with E-state index in [4.69, 9.17) is 0 Å². The van der Waals surface area contributed by atoms with Crippen LogP contribution in [0, 0.1) is 5.92 Å². The zero-order valence-electron chi connectivity index (χ0n) is 9.78. The van der Waals surface area contributed by atoms with E-state index in [0.717, 1.165) is 12.2 Å². The van der Waals surface area contributed by atoms with Crippen LogP contribution in [0.5, 0.6) is 0 Å². The number of nitrogens with zero attached hydrogens (tertiary/aromatic N) is 4. The average molecular weight is 243 g/mol. The molecule has 6 heteroatoms. The number of hydrogen-bond acceptors (Lipinski definition) is 4. The summed E-state index contributed by atoms with van der Waals surface area (Å²) in [5, 5.41) is 13.8. The van der Waals surface area contributed by atoms with E-state index in [1.807, 2.05) is 12.1 Å². The molecule has 6 nitrogen and oxygen atoms in total. The van der Waals surface area contributed by atoms with E-state index in [-0.39, 0.29) is 5.91 Å². The Morgan fingerprint density at radius 3 is 2.72 bits per heavy atom. The van der Waals surface area contributed by atoms with Gasteiger partial charge in [0.25, 0.3) is 5.91 Å². The van der Waals surface area contributed by atoms with Gasteiger partial charge in [0.05, 0.1) is 5.69 Å². The molecule has 1 aromatic carbocycles. The minimum atomic E-state index is -0.0230. The molecule has 18 heavy (non-hydrogen) atoms. The summed E-state index contributed by atoms with van der Waals surface area (Å²) in [6, 6.07) is 7.20. The van der Waals surface area contributed by atoms with Crippen molar-refractivity contribution in [1.29, 1.82) is 0 Å². The molecule has 92 valence electrons. The highest BCUT2D eigenvalue weighted by atomic mass is 16.1. The van der Waals surface area contributed by atoms with Gasteiger partial charge in [-0.3, -0.25) is 4.79 Å². The fraction of sp³-hybridized carbons (Fsp3) is 0.333. The summed E-state index contributed by atoms with van der Waals surface area (Å²) in [5.74, 6) is 0.666. The Bertz CT molecular complexity index is 530. The van der Waals surface area contributed by atoms with Gasteiger partial charge in [0.15, 0.2) is 0 Å². The van der Waals surface area contributed by atoms with Gasteiger partial charge in [-0.25, -0.2) is 4.68 Å². The average Bonchev–Trinajstić information content (AvgIpc) is 3.08. The molecule has 3 rings (SSSR count). The van der Waals surface area contributed by atoms with Crippen LogP contribution in [-0.4, -0.2) is 32.7 Å². The molecule has 1 fully saturated rings. The maximum Gasteiger partial charge on any atom is 0.251 e. The molecule has 0 atom stereocenters. The van der Waals surface area contributed by atoms with Crippen LogP contribution in [-0.2, 0) is 0 Å². The van der Waals surface area contributed by atoms with Crippen LogP contribution in [0.25, 0.3) is 5.69 Å². The molecule has 0 spiro atoms. The standard InChI is InChI=1S/C12H13N5O/c18-12(13-7-9-1-2-9)10-3-5-11(6-4-10)17-8-14-15-16-17/h3-6,8-9H,1-2,7H2,(H,13,18). The molecule has 0 radical (unpaired) electrons. The molecule has 0 aliphatic heterocycles. The second kappa shape index (κ2) is 4.56. The van der Waals surface area contributed by atoms with Crippen LogP contribution in [0.3, 0.4) is 0 Å². The van der Waals surface area contributed by atoms with E-state index in [1.165, 1.54) is 19.2 Å². The second-order valence-electron chi connectivity index (χ2n) is 4.45. The van der Waals surface area contributed by atoms with Crippen LogP contribution in [0.1, 0.15) is 23.2 Å². The van der Waals surface area contributed by atoms with Crippen molar-refractivity contribution in [3.8, 4) is 5.69 Å². The van der Waals surface area contributed by atoms with Gasteiger partial charge in [0, 0.05) is 12.1 Å². The van der Waals surface area contributed by atoms with Crippen molar-refractivity contribution in [3.63, 3.8) is 0 Å². The van der Waals surface area contributed by atoms with Crippen LogP contribution in [0.4, 0.5) is 0 Å². The van der Waals surface area contributed by atoms with E-state index >= 15 is 0 Å². The Hall–Kier alpha value is -2.24. The first-order valence-electron chi connectivity index (χ1n) is 5.94. The molecular weight excluding hydrogens is 230 g/mol. The van der Waals surface area contributed by atoms with E-state index in [9.17, 15) is 4.79 Å². The van der Waals surface area contributed by atoms with Gasteiger partial charge in [-0.2, -0.15) is 0 Å². The number of amides is 1. The number of carbonyl (C=O) groups is 1. The van der Waals surface area contributed by atoms with Crippen molar-refractivity contribution in [2.75, 3.05) is 6.54 Å². The summed E-state index contributed by atoms with van der Waals surface area (Å²) in [6.45, 7) is 0.785. The van der Waals surface area contributed by atoms with Crippen LogP contribution < -0.4 is 5.32 Å². The Morgan fingerprint density at radius 2 is 2.11 bits per heavy atom. The van der Waals surface area contributed by atoms with Gasteiger partial charge in [0.1, 0.15) is 6.33 Å². The molecular formula is C12H13N5O. The van der Waals surface area contributed by atoms with Crippen molar-refractivity contribution < 1.29 is 4.79 Å². The second-order valence-corrected chi connectivity index (χ2v) is 4.45. The fourth-order valence-electron chi connectivity index (χ4n) is 1.71. The van der Waals surface area contributed by atoms with Gasteiger partial charge in [-0.1, -0.05) is 0 Å². The third-order valence-electron chi connectivity index (χ3n) is 2.99. The van der Waals surface area contributed by atoms with E-state index in [0.29, 0.717) is 11.5 Å². The summed E-state index contributed by atoms with van der Waals surface area (Å²) in [6.07, 6.45) is 3.99. The van der Waals surface area contributed by atoms with Crippen LogP contribution >= 0.6 is 0 Å². The maximum atomic E-state index is 11.8. The smallest absolute Gasteiger partial charge is 0.251 e. The fourth-order valence-corrected chi connectivity index (χ4v) is 1.71. The van der Waals surface area contributed by atoms with Crippen molar-refractivity contribution in [2.45, 2.75) is 12.8 Å². The number of rotatable bonds is 4. The molecule has 1 heterocycles. The Balaban J connectivity index is 1.68. The molecule has 1 N–H and O–H groups in total. The Labute approximate surface area is 104 Å². The lowest BCUT2D eigenvalue weighted by Gasteiger charge is -2.05. The quantitative estimate of drug-likeness (QED) is 0.862. The molecule has 0 saturated heterocycles. The van der Waals surface area contributed by atoms with Gasteiger partial charge in [-0.05, 0) is 53.5 Å². The third-order valence-corrected chi connectivity index (χ3v) is 2.99. The summed E-state index contributed by atoms with van der Waals surface area (Å²) in [5.41, 5.74) is 1.49. The van der Waals surface area contributed by atoms with Gasteiger partial charge >= 0.3 is 0 Å². The third kappa shape index (κ3) is 2.37. The number of hydrogen-bond donors (Lipinski definition) is 1. The molecule has 0 bridgehead atoms. The molecule has 2 aromatic rings. The summed E-state index contributed by atoms with van der Waals surface area (Å²) >= 11 is 0. The predicted molar refractivity (Wildman–Crippen MR) is 64.2 cm³/mol. The molecule has 1 aromatic heterocycles. The van der Waals surface area contributed by atoms with Gasteiger partial charge < -0.3 is 5.32 Å². The van der Waals surface area contributed by atoms with Crippen molar-refractivity contribution in [2.24, 2.45) is 5.92 Å². The molecule has 0 unspecified atom stereocenters. The minimum Gasteiger partial charge on any atom is -0.352 e. The van der Waals surface area contributed by atoms with E-state index < -0.39 is 0 Å². The van der Waals surface area contributed by atoms with Crippen LogP contribution in [0.2, 0.25) is 0 Å². The molecule has 1 aliphatic rings. The number of aromatic nitrogens is 4. The first-order valence-corrected chi connectivity index (χ1v) is 5.94.